The molecule has 1 aliphatic heterocycles. The van der Waals surface area contributed by atoms with Crippen molar-refractivity contribution in [2.45, 2.75) is 32.7 Å². The molecule has 1 aromatic carbocycles. The number of hydrogen-bond donors (Lipinski definition) is 1. The Morgan fingerprint density at radius 2 is 2.20 bits per heavy atom. The fraction of sp³-hybridized carbons (Fsp3) is 0.533. The first-order valence-corrected chi connectivity index (χ1v) is 7.61. The Kier molecular flexibility index (Phi) is 6.49. The summed E-state index contributed by atoms with van der Waals surface area (Å²) in [5.74, 6) is 0.593. The minimum absolute atomic E-state index is 0. The van der Waals surface area contributed by atoms with Crippen molar-refractivity contribution in [2.24, 2.45) is 11.7 Å². The molecule has 0 spiro atoms. The zero-order chi connectivity index (χ0) is 14.0. The standard InChI is InChI=1S/C15H21BrN2O.ClH/c1-10-5-6-12(16)8-13(10)15(19)18-7-3-4-11(2)14(18)9-17;/h5-6,8,11,14H,3-4,7,9,17H2,1-2H3;1H. The van der Waals surface area contributed by atoms with Gasteiger partial charge in [-0.3, -0.25) is 4.79 Å². The molecule has 0 aliphatic carbocycles. The molecule has 20 heavy (non-hydrogen) atoms. The first kappa shape index (κ1) is 17.5. The van der Waals surface area contributed by atoms with Gasteiger partial charge in [0.25, 0.3) is 5.91 Å². The van der Waals surface area contributed by atoms with Gasteiger partial charge in [0.05, 0.1) is 0 Å². The monoisotopic (exact) mass is 360 g/mol. The van der Waals surface area contributed by atoms with Crippen molar-refractivity contribution in [3.05, 3.63) is 33.8 Å². The lowest BCUT2D eigenvalue weighted by Crippen LogP contribution is -2.51. The summed E-state index contributed by atoms with van der Waals surface area (Å²) in [4.78, 5) is 14.7. The van der Waals surface area contributed by atoms with Crippen LogP contribution >= 0.6 is 28.3 Å². The molecule has 1 aliphatic rings. The van der Waals surface area contributed by atoms with Gasteiger partial charge in [-0.2, -0.15) is 0 Å². The highest BCUT2D eigenvalue weighted by atomic mass is 79.9. The highest BCUT2D eigenvalue weighted by Gasteiger charge is 2.31. The van der Waals surface area contributed by atoms with Crippen LogP contribution in [0.4, 0.5) is 0 Å². The molecule has 0 aromatic heterocycles. The van der Waals surface area contributed by atoms with Gasteiger partial charge in [-0.15, -0.1) is 12.4 Å². The first-order valence-electron chi connectivity index (χ1n) is 6.81. The fourth-order valence-electron chi connectivity index (χ4n) is 2.84. The van der Waals surface area contributed by atoms with Crippen molar-refractivity contribution in [2.75, 3.05) is 13.1 Å². The molecular formula is C15H22BrClN2O. The average molecular weight is 362 g/mol. The number of rotatable bonds is 2. The number of likely N-dealkylation sites (tertiary alicyclic amines) is 1. The van der Waals surface area contributed by atoms with Crippen LogP contribution in [0.5, 0.6) is 0 Å². The van der Waals surface area contributed by atoms with Gasteiger partial charge in [0, 0.05) is 29.2 Å². The van der Waals surface area contributed by atoms with Gasteiger partial charge in [0.1, 0.15) is 0 Å². The molecular weight excluding hydrogens is 340 g/mol. The Hall–Kier alpha value is -0.580. The SMILES string of the molecule is Cc1ccc(Br)cc1C(=O)N1CCCC(C)C1CN.Cl. The van der Waals surface area contributed by atoms with E-state index in [1.54, 1.807) is 0 Å². The van der Waals surface area contributed by atoms with E-state index in [0.717, 1.165) is 35.0 Å². The van der Waals surface area contributed by atoms with Crippen LogP contribution < -0.4 is 5.73 Å². The number of carbonyl (C=O) groups is 1. The van der Waals surface area contributed by atoms with Crippen LogP contribution in [0.15, 0.2) is 22.7 Å². The van der Waals surface area contributed by atoms with Crippen molar-refractivity contribution >= 4 is 34.2 Å². The maximum absolute atomic E-state index is 12.7. The Balaban J connectivity index is 0.00000200. The van der Waals surface area contributed by atoms with Crippen LogP contribution in [0.1, 0.15) is 35.7 Å². The van der Waals surface area contributed by atoms with E-state index in [0.29, 0.717) is 12.5 Å². The van der Waals surface area contributed by atoms with E-state index in [2.05, 4.69) is 22.9 Å². The molecule has 2 N–H and O–H groups in total. The molecule has 2 atom stereocenters. The van der Waals surface area contributed by atoms with E-state index < -0.39 is 0 Å². The lowest BCUT2D eigenvalue weighted by molar-refractivity contribution is 0.0532. The largest absolute Gasteiger partial charge is 0.334 e. The maximum atomic E-state index is 12.7. The Bertz CT molecular complexity index is 481. The smallest absolute Gasteiger partial charge is 0.254 e. The summed E-state index contributed by atoms with van der Waals surface area (Å²) in [6.45, 7) is 5.52. The lowest BCUT2D eigenvalue weighted by Gasteiger charge is -2.39. The second-order valence-electron chi connectivity index (χ2n) is 5.38. The number of nitrogens with zero attached hydrogens (tertiary/aromatic N) is 1. The summed E-state index contributed by atoms with van der Waals surface area (Å²) < 4.78 is 0.941. The van der Waals surface area contributed by atoms with E-state index in [9.17, 15) is 4.79 Å². The van der Waals surface area contributed by atoms with Crippen molar-refractivity contribution in [1.29, 1.82) is 0 Å². The zero-order valence-electron chi connectivity index (χ0n) is 11.9. The minimum atomic E-state index is 0. The topological polar surface area (TPSA) is 46.3 Å². The molecule has 0 radical (unpaired) electrons. The van der Waals surface area contributed by atoms with Crippen LogP contribution in [0.25, 0.3) is 0 Å². The molecule has 2 rings (SSSR count). The molecule has 2 unspecified atom stereocenters. The first-order chi connectivity index (χ1) is 9.04. The van der Waals surface area contributed by atoms with Gasteiger partial charge in [-0.25, -0.2) is 0 Å². The van der Waals surface area contributed by atoms with Crippen LogP contribution in [-0.2, 0) is 0 Å². The van der Waals surface area contributed by atoms with Crippen LogP contribution in [0.2, 0.25) is 0 Å². The number of piperidine rings is 1. The maximum Gasteiger partial charge on any atom is 0.254 e. The van der Waals surface area contributed by atoms with E-state index in [1.165, 1.54) is 0 Å². The predicted octanol–water partition coefficient (Wildman–Crippen LogP) is 3.38. The number of nitrogens with two attached hydrogens (primary N) is 1. The second-order valence-corrected chi connectivity index (χ2v) is 6.30. The van der Waals surface area contributed by atoms with Gasteiger partial charge in [0.15, 0.2) is 0 Å². The average Bonchev–Trinajstić information content (AvgIpc) is 2.40. The third kappa shape index (κ3) is 3.54. The Morgan fingerprint density at radius 1 is 1.50 bits per heavy atom. The van der Waals surface area contributed by atoms with Crippen molar-refractivity contribution in [3.63, 3.8) is 0 Å². The van der Waals surface area contributed by atoms with Gasteiger partial charge < -0.3 is 10.6 Å². The molecule has 1 amide bonds. The molecule has 5 heteroatoms. The van der Waals surface area contributed by atoms with E-state index in [-0.39, 0.29) is 24.4 Å². The number of carbonyl (C=O) groups excluding carboxylic acids is 1. The van der Waals surface area contributed by atoms with Crippen LogP contribution in [0, 0.1) is 12.8 Å². The Labute approximate surface area is 135 Å². The number of hydrogen-bond acceptors (Lipinski definition) is 2. The molecule has 3 nitrogen and oxygen atoms in total. The highest BCUT2D eigenvalue weighted by molar-refractivity contribution is 9.10. The lowest BCUT2D eigenvalue weighted by atomic mass is 9.90. The summed E-state index contributed by atoms with van der Waals surface area (Å²) in [5, 5.41) is 0. The van der Waals surface area contributed by atoms with E-state index in [1.807, 2.05) is 30.0 Å². The second kappa shape index (κ2) is 7.43. The third-order valence-electron chi connectivity index (χ3n) is 4.05. The molecule has 112 valence electrons. The fourth-order valence-corrected chi connectivity index (χ4v) is 3.20. The highest BCUT2D eigenvalue weighted by Crippen LogP contribution is 2.26. The number of benzene rings is 1. The molecule has 1 aromatic rings. The number of halogens is 2. The zero-order valence-corrected chi connectivity index (χ0v) is 14.3. The molecule has 1 fully saturated rings. The summed E-state index contributed by atoms with van der Waals surface area (Å²) >= 11 is 3.44. The van der Waals surface area contributed by atoms with Crippen LogP contribution in [0.3, 0.4) is 0 Å². The molecule has 0 bridgehead atoms. The van der Waals surface area contributed by atoms with Gasteiger partial charge in [0.2, 0.25) is 0 Å². The number of amides is 1. The predicted molar refractivity (Wildman–Crippen MR) is 88.4 cm³/mol. The van der Waals surface area contributed by atoms with E-state index >= 15 is 0 Å². The van der Waals surface area contributed by atoms with Crippen molar-refractivity contribution in [1.82, 2.24) is 4.90 Å². The van der Waals surface area contributed by atoms with Crippen molar-refractivity contribution in [3.8, 4) is 0 Å². The quantitative estimate of drug-likeness (QED) is 0.878. The molecule has 1 saturated heterocycles. The number of aryl methyl sites for hydroxylation is 1. The summed E-state index contributed by atoms with van der Waals surface area (Å²) in [5.41, 5.74) is 7.66. The van der Waals surface area contributed by atoms with Gasteiger partial charge >= 0.3 is 0 Å². The summed E-state index contributed by atoms with van der Waals surface area (Å²) in [6.07, 6.45) is 2.22. The molecule has 0 saturated carbocycles. The summed E-state index contributed by atoms with van der Waals surface area (Å²) in [7, 11) is 0. The van der Waals surface area contributed by atoms with Gasteiger partial charge in [-0.1, -0.05) is 28.9 Å². The Morgan fingerprint density at radius 3 is 2.85 bits per heavy atom. The van der Waals surface area contributed by atoms with Crippen LogP contribution in [-0.4, -0.2) is 29.9 Å². The minimum Gasteiger partial charge on any atom is -0.334 e. The van der Waals surface area contributed by atoms with Gasteiger partial charge in [-0.05, 0) is 43.4 Å². The van der Waals surface area contributed by atoms with E-state index in [4.69, 9.17) is 5.73 Å². The molecule has 1 heterocycles. The third-order valence-corrected chi connectivity index (χ3v) is 4.54. The summed E-state index contributed by atoms with van der Waals surface area (Å²) in [6, 6.07) is 6.01. The normalized spacial score (nSPS) is 22.3. The van der Waals surface area contributed by atoms with Crippen molar-refractivity contribution < 1.29 is 4.79 Å².